The molecule has 2 fully saturated rings. The molecular formula is C18H28N8O2. The van der Waals surface area contributed by atoms with Gasteiger partial charge in [0.15, 0.2) is 0 Å². The molecule has 0 spiro atoms. The monoisotopic (exact) mass is 388 g/mol. The predicted molar refractivity (Wildman–Crippen MR) is 104 cm³/mol. The first-order chi connectivity index (χ1) is 13.4. The van der Waals surface area contributed by atoms with E-state index in [0.29, 0.717) is 19.6 Å². The summed E-state index contributed by atoms with van der Waals surface area (Å²) in [5.41, 5.74) is 0.523. The normalized spacial score (nSPS) is 24.1. The highest BCUT2D eigenvalue weighted by Gasteiger charge is 2.48. The van der Waals surface area contributed by atoms with Crippen molar-refractivity contribution in [2.24, 2.45) is 7.05 Å². The van der Waals surface area contributed by atoms with E-state index in [1.165, 1.54) is 0 Å². The Morgan fingerprint density at radius 3 is 2.68 bits per heavy atom. The fourth-order valence-electron chi connectivity index (χ4n) is 4.26. The lowest BCUT2D eigenvalue weighted by Gasteiger charge is -2.49. The second kappa shape index (κ2) is 7.26. The fraction of sp³-hybridized carbons (Fsp3) is 0.667. The van der Waals surface area contributed by atoms with E-state index < -0.39 is 5.60 Å². The first kappa shape index (κ1) is 19.0. The number of aliphatic hydroxyl groups excluding tert-OH is 1. The van der Waals surface area contributed by atoms with E-state index in [1.807, 2.05) is 27.2 Å². The van der Waals surface area contributed by atoms with Gasteiger partial charge in [-0.2, -0.15) is 0 Å². The summed E-state index contributed by atoms with van der Waals surface area (Å²) >= 11 is 0. The summed E-state index contributed by atoms with van der Waals surface area (Å²) < 4.78 is 7.57. The second-order valence-electron chi connectivity index (χ2n) is 7.99. The number of rotatable bonds is 6. The molecule has 10 heteroatoms. The van der Waals surface area contributed by atoms with Crippen LogP contribution >= 0.6 is 0 Å². The fourth-order valence-corrected chi connectivity index (χ4v) is 4.26. The molecule has 28 heavy (non-hydrogen) atoms. The van der Waals surface area contributed by atoms with E-state index in [0.717, 1.165) is 30.3 Å². The van der Waals surface area contributed by atoms with E-state index in [2.05, 4.69) is 35.0 Å². The smallest absolute Gasteiger partial charge is 0.146 e. The SMILES string of the molecule is COC1(c2cnnn2C)CN(c2cc(N3C[C@H](O)C[C@@H]3CN(C)C)ncn2)C1. The molecule has 4 heterocycles. The Balaban J connectivity index is 1.52. The zero-order valence-corrected chi connectivity index (χ0v) is 16.9. The average molecular weight is 388 g/mol. The van der Waals surface area contributed by atoms with Crippen molar-refractivity contribution >= 4 is 11.6 Å². The van der Waals surface area contributed by atoms with Crippen molar-refractivity contribution in [2.45, 2.75) is 24.2 Å². The molecule has 0 unspecified atom stereocenters. The number of aromatic nitrogens is 5. The molecule has 2 aromatic rings. The molecule has 0 amide bonds. The van der Waals surface area contributed by atoms with Crippen molar-refractivity contribution in [3.05, 3.63) is 24.3 Å². The van der Waals surface area contributed by atoms with Gasteiger partial charge in [0, 0.05) is 39.4 Å². The van der Waals surface area contributed by atoms with Crippen molar-refractivity contribution in [3.8, 4) is 0 Å². The lowest BCUT2D eigenvalue weighted by molar-refractivity contribution is -0.0447. The summed E-state index contributed by atoms with van der Waals surface area (Å²) in [4.78, 5) is 15.4. The largest absolute Gasteiger partial charge is 0.391 e. The molecule has 2 aromatic heterocycles. The van der Waals surface area contributed by atoms with Gasteiger partial charge >= 0.3 is 0 Å². The van der Waals surface area contributed by atoms with E-state index in [1.54, 1.807) is 24.3 Å². The molecule has 152 valence electrons. The summed E-state index contributed by atoms with van der Waals surface area (Å²) in [6, 6.07) is 2.24. The van der Waals surface area contributed by atoms with Crippen LogP contribution in [-0.2, 0) is 17.4 Å². The number of aryl methyl sites for hydroxylation is 1. The second-order valence-corrected chi connectivity index (χ2v) is 7.99. The minimum absolute atomic E-state index is 0.239. The lowest BCUT2D eigenvalue weighted by atomic mass is 9.90. The number of nitrogens with zero attached hydrogens (tertiary/aromatic N) is 8. The Labute approximate surface area is 164 Å². The van der Waals surface area contributed by atoms with Gasteiger partial charge in [-0.3, -0.25) is 0 Å². The summed E-state index contributed by atoms with van der Waals surface area (Å²) in [5.74, 6) is 1.71. The van der Waals surface area contributed by atoms with Crippen LogP contribution < -0.4 is 9.80 Å². The average Bonchev–Trinajstić information content (AvgIpc) is 3.20. The Morgan fingerprint density at radius 1 is 1.29 bits per heavy atom. The third-order valence-corrected chi connectivity index (χ3v) is 5.69. The molecule has 0 aliphatic carbocycles. The highest BCUT2D eigenvalue weighted by molar-refractivity contribution is 5.54. The summed E-state index contributed by atoms with van der Waals surface area (Å²) in [6.07, 6.45) is 3.78. The molecule has 2 atom stereocenters. The van der Waals surface area contributed by atoms with Crippen LogP contribution in [0.5, 0.6) is 0 Å². The van der Waals surface area contributed by atoms with Gasteiger partial charge in [-0.25, -0.2) is 14.6 Å². The zero-order chi connectivity index (χ0) is 19.9. The molecule has 0 saturated carbocycles. The molecule has 0 bridgehead atoms. The quantitative estimate of drug-likeness (QED) is 0.700. The van der Waals surface area contributed by atoms with Gasteiger partial charge in [0.2, 0.25) is 0 Å². The van der Waals surface area contributed by atoms with Gasteiger partial charge in [-0.15, -0.1) is 5.10 Å². The number of ether oxygens (including phenoxy) is 1. The van der Waals surface area contributed by atoms with E-state index in [4.69, 9.17) is 4.74 Å². The number of hydrogen-bond acceptors (Lipinski definition) is 9. The van der Waals surface area contributed by atoms with Gasteiger partial charge in [-0.1, -0.05) is 5.21 Å². The van der Waals surface area contributed by atoms with Crippen LogP contribution in [0.4, 0.5) is 11.6 Å². The van der Waals surface area contributed by atoms with Crippen LogP contribution in [-0.4, -0.2) is 94.5 Å². The van der Waals surface area contributed by atoms with Gasteiger partial charge in [0.05, 0.1) is 31.1 Å². The molecule has 0 radical (unpaired) electrons. The van der Waals surface area contributed by atoms with Crippen molar-refractivity contribution in [2.75, 3.05) is 57.2 Å². The van der Waals surface area contributed by atoms with E-state index >= 15 is 0 Å². The maximum Gasteiger partial charge on any atom is 0.146 e. The molecule has 2 aliphatic rings. The number of aliphatic hydroxyl groups is 1. The zero-order valence-electron chi connectivity index (χ0n) is 16.9. The van der Waals surface area contributed by atoms with Crippen LogP contribution in [0.15, 0.2) is 18.6 Å². The summed E-state index contributed by atoms with van der Waals surface area (Å²) in [5, 5.41) is 18.2. The van der Waals surface area contributed by atoms with Crippen molar-refractivity contribution < 1.29 is 9.84 Å². The van der Waals surface area contributed by atoms with Gasteiger partial charge in [-0.05, 0) is 20.5 Å². The third kappa shape index (κ3) is 3.31. The first-order valence-electron chi connectivity index (χ1n) is 9.48. The van der Waals surface area contributed by atoms with Crippen LogP contribution in [0.3, 0.4) is 0 Å². The highest BCUT2D eigenvalue weighted by Crippen LogP contribution is 2.38. The summed E-state index contributed by atoms with van der Waals surface area (Å²) in [7, 11) is 7.68. The predicted octanol–water partition coefficient (Wildman–Crippen LogP) is -0.532. The first-order valence-corrected chi connectivity index (χ1v) is 9.48. The Morgan fingerprint density at radius 2 is 2.04 bits per heavy atom. The minimum Gasteiger partial charge on any atom is -0.391 e. The number of methoxy groups -OCH3 is 1. The van der Waals surface area contributed by atoms with E-state index in [9.17, 15) is 5.11 Å². The Kier molecular flexibility index (Phi) is 4.94. The standard InChI is InChI=1S/C18H28N8O2/c1-23(2)8-13-5-14(27)9-26(13)17-6-16(19-12-20-17)25-10-18(11-25,28-4)15-7-21-22-24(15)3/h6-7,12-14,27H,5,8-11H2,1-4H3/t13-,14-/m1/s1. The van der Waals surface area contributed by atoms with Gasteiger partial charge < -0.3 is 24.5 Å². The highest BCUT2D eigenvalue weighted by atomic mass is 16.5. The molecular weight excluding hydrogens is 360 g/mol. The molecule has 1 N–H and O–H groups in total. The summed E-state index contributed by atoms with van der Waals surface area (Å²) in [6.45, 7) is 2.81. The molecule has 2 saturated heterocycles. The molecule has 4 rings (SSSR count). The maximum absolute atomic E-state index is 10.2. The third-order valence-electron chi connectivity index (χ3n) is 5.69. The van der Waals surface area contributed by atoms with Crippen molar-refractivity contribution in [1.82, 2.24) is 29.9 Å². The molecule has 10 nitrogen and oxygen atoms in total. The van der Waals surface area contributed by atoms with Crippen LogP contribution in [0.25, 0.3) is 0 Å². The van der Waals surface area contributed by atoms with Gasteiger partial charge in [0.1, 0.15) is 23.6 Å². The van der Waals surface area contributed by atoms with Gasteiger partial charge in [0.25, 0.3) is 0 Å². The Bertz CT molecular complexity index is 819. The molecule has 0 aromatic carbocycles. The van der Waals surface area contributed by atoms with Crippen molar-refractivity contribution in [1.29, 1.82) is 0 Å². The number of anilines is 2. The maximum atomic E-state index is 10.2. The number of hydrogen-bond donors (Lipinski definition) is 1. The topological polar surface area (TPSA) is 95.7 Å². The van der Waals surface area contributed by atoms with Crippen LogP contribution in [0.1, 0.15) is 12.1 Å². The van der Waals surface area contributed by atoms with Crippen LogP contribution in [0, 0.1) is 0 Å². The van der Waals surface area contributed by atoms with Crippen molar-refractivity contribution in [3.63, 3.8) is 0 Å². The number of likely N-dealkylation sites (N-methyl/N-ethyl adjacent to an activating group) is 1. The van der Waals surface area contributed by atoms with Crippen LogP contribution in [0.2, 0.25) is 0 Å². The lowest BCUT2D eigenvalue weighted by Crippen LogP contribution is -2.61. The number of β-amino-alcohol motifs (C(OH)–C–C–N with tert-alkyl or cyclic N) is 1. The Hall–Kier alpha value is -2.30. The molecule has 2 aliphatic heterocycles. The van der Waals surface area contributed by atoms with E-state index in [-0.39, 0.29) is 12.1 Å². The minimum atomic E-state index is -0.430.